The van der Waals surface area contributed by atoms with Crippen LogP contribution in [0.1, 0.15) is 19.3 Å². The molecule has 1 fully saturated rings. The number of aromatic nitrogens is 2. The smallest absolute Gasteiger partial charge is 0.381 e. The van der Waals surface area contributed by atoms with Crippen LogP contribution in [-0.4, -0.2) is 28.0 Å². The molecule has 0 radical (unpaired) electrons. The lowest BCUT2D eigenvalue weighted by atomic mass is 9.78. The van der Waals surface area contributed by atoms with E-state index in [0.717, 1.165) is 25.5 Å². The predicted octanol–water partition coefficient (Wildman–Crippen LogP) is 1.75. The lowest BCUT2D eigenvalue weighted by Crippen LogP contribution is -2.52. The SMILES string of the molecule is NC1(CNc2cnn(CC(F)(F)F)c(=O)c2Cl)CCC1. The Kier molecular flexibility index (Phi) is 3.97. The van der Waals surface area contributed by atoms with Crippen LogP contribution in [0, 0.1) is 0 Å². The van der Waals surface area contributed by atoms with Crippen molar-refractivity contribution in [3.63, 3.8) is 0 Å². The van der Waals surface area contributed by atoms with Crippen molar-refractivity contribution in [3.8, 4) is 0 Å². The molecule has 0 amide bonds. The number of rotatable bonds is 4. The third-order valence-electron chi connectivity index (χ3n) is 3.29. The first-order valence-electron chi connectivity index (χ1n) is 6.05. The van der Waals surface area contributed by atoms with Gasteiger partial charge < -0.3 is 11.1 Å². The molecule has 1 aromatic heterocycles. The van der Waals surface area contributed by atoms with Crippen molar-refractivity contribution in [1.82, 2.24) is 9.78 Å². The Morgan fingerprint density at radius 3 is 2.65 bits per heavy atom. The number of hydrogen-bond donors (Lipinski definition) is 2. The molecule has 2 rings (SSSR count). The summed E-state index contributed by atoms with van der Waals surface area (Å²) in [5.74, 6) is 0. The van der Waals surface area contributed by atoms with Crippen LogP contribution in [0.25, 0.3) is 0 Å². The van der Waals surface area contributed by atoms with Crippen LogP contribution in [0.4, 0.5) is 18.9 Å². The second-order valence-electron chi connectivity index (χ2n) is 5.02. The Balaban J connectivity index is 2.12. The topological polar surface area (TPSA) is 72.9 Å². The molecule has 3 N–H and O–H groups in total. The number of anilines is 1. The number of alkyl halides is 3. The molecule has 0 bridgehead atoms. The van der Waals surface area contributed by atoms with Crippen molar-refractivity contribution in [1.29, 1.82) is 0 Å². The minimum absolute atomic E-state index is 0.201. The number of nitrogens with two attached hydrogens (primary N) is 1. The highest BCUT2D eigenvalue weighted by atomic mass is 35.5. The van der Waals surface area contributed by atoms with E-state index < -0.39 is 18.3 Å². The Morgan fingerprint density at radius 2 is 2.15 bits per heavy atom. The van der Waals surface area contributed by atoms with Crippen LogP contribution >= 0.6 is 11.6 Å². The Bertz CT molecular complexity index is 554. The molecule has 1 saturated carbocycles. The van der Waals surface area contributed by atoms with Gasteiger partial charge in [0.2, 0.25) is 0 Å². The Morgan fingerprint density at radius 1 is 1.50 bits per heavy atom. The van der Waals surface area contributed by atoms with Crippen molar-refractivity contribution in [2.24, 2.45) is 5.73 Å². The van der Waals surface area contributed by atoms with Crippen LogP contribution in [0.15, 0.2) is 11.0 Å². The van der Waals surface area contributed by atoms with Gasteiger partial charge in [0.1, 0.15) is 11.6 Å². The highest BCUT2D eigenvalue weighted by Crippen LogP contribution is 2.29. The van der Waals surface area contributed by atoms with Crippen molar-refractivity contribution >= 4 is 17.3 Å². The van der Waals surface area contributed by atoms with Crippen LogP contribution < -0.4 is 16.6 Å². The van der Waals surface area contributed by atoms with Gasteiger partial charge in [0, 0.05) is 12.1 Å². The van der Waals surface area contributed by atoms with Gasteiger partial charge in [-0.25, -0.2) is 4.68 Å². The van der Waals surface area contributed by atoms with Crippen molar-refractivity contribution in [3.05, 3.63) is 21.6 Å². The maximum Gasteiger partial charge on any atom is 0.408 e. The van der Waals surface area contributed by atoms with Crippen LogP contribution in [-0.2, 0) is 6.54 Å². The maximum atomic E-state index is 12.2. The molecule has 9 heteroatoms. The van der Waals surface area contributed by atoms with E-state index in [2.05, 4.69) is 10.4 Å². The maximum absolute atomic E-state index is 12.2. The highest BCUT2D eigenvalue weighted by molar-refractivity contribution is 6.32. The van der Waals surface area contributed by atoms with Crippen LogP contribution in [0.5, 0.6) is 0 Å². The molecule has 1 heterocycles. The molecule has 0 aliphatic heterocycles. The highest BCUT2D eigenvalue weighted by Gasteiger charge is 2.33. The van der Waals surface area contributed by atoms with Gasteiger partial charge >= 0.3 is 6.18 Å². The predicted molar refractivity (Wildman–Crippen MR) is 68.8 cm³/mol. The van der Waals surface area contributed by atoms with Gasteiger partial charge in [0.05, 0.1) is 11.9 Å². The minimum atomic E-state index is -4.53. The summed E-state index contributed by atoms with van der Waals surface area (Å²) >= 11 is 5.77. The summed E-state index contributed by atoms with van der Waals surface area (Å²) in [7, 11) is 0. The van der Waals surface area contributed by atoms with Crippen LogP contribution in [0.2, 0.25) is 5.02 Å². The lowest BCUT2D eigenvalue weighted by molar-refractivity contribution is -0.143. The van der Waals surface area contributed by atoms with Gasteiger partial charge in [0.25, 0.3) is 5.56 Å². The molecule has 0 saturated heterocycles. The van der Waals surface area contributed by atoms with E-state index in [1.165, 1.54) is 0 Å². The first-order chi connectivity index (χ1) is 9.20. The molecule has 0 aromatic carbocycles. The van der Waals surface area contributed by atoms with E-state index in [9.17, 15) is 18.0 Å². The van der Waals surface area contributed by atoms with Gasteiger partial charge in [0.15, 0.2) is 0 Å². The molecular formula is C11H14ClF3N4O. The summed E-state index contributed by atoms with van der Waals surface area (Å²) in [6.45, 7) is -1.07. The summed E-state index contributed by atoms with van der Waals surface area (Å²) in [5, 5.41) is 6.02. The zero-order valence-electron chi connectivity index (χ0n) is 10.5. The molecule has 0 spiro atoms. The summed E-state index contributed by atoms with van der Waals surface area (Å²) < 4.78 is 37.0. The molecule has 112 valence electrons. The quantitative estimate of drug-likeness (QED) is 0.888. The number of nitrogens with one attached hydrogen (secondary N) is 1. The third kappa shape index (κ3) is 3.43. The Labute approximate surface area is 117 Å². The fourth-order valence-corrected chi connectivity index (χ4v) is 2.16. The van der Waals surface area contributed by atoms with Gasteiger partial charge in [-0.05, 0) is 19.3 Å². The van der Waals surface area contributed by atoms with E-state index in [1.54, 1.807) is 0 Å². The van der Waals surface area contributed by atoms with Gasteiger partial charge in [-0.2, -0.15) is 18.3 Å². The molecule has 1 aliphatic rings. The molecule has 0 atom stereocenters. The molecule has 20 heavy (non-hydrogen) atoms. The van der Waals surface area contributed by atoms with E-state index in [4.69, 9.17) is 17.3 Å². The van der Waals surface area contributed by atoms with Crippen molar-refractivity contribution < 1.29 is 13.2 Å². The fourth-order valence-electron chi connectivity index (χ4n) is 1.95. The normalized spacial score (nSPS) is 17.6. The fraction of sp³-hybridized carbons (Fsp3) is 0.636. The molecule has 1 aromatic rings. The largest absolute Gasteiger partial charge is 0.408 e. The third-order valence-corrected chi connectivity index (χ3v) is 3.66. The summed E-state index contributed by atoms with van der Waals surface area (Å²) in [6.07, 6.45) is -0.663. The average molecular weight is 311 g/mol. The zero-order chi connectivity index (χ0) is 15.0. The van der Waals surface area contributed by atoms with Gasteiger partial charge in [-0.1, -0.05) is 11.6 Å². The van der Waals surface area contributed by atoms with Gasteiger partial charge in [-0.15, -0.1) is 0 Å². The van der Waals surface area contributed by atoms with Crippen LogP contribution in [0.3, 0.4) is 0 Å². The van der Waals surface area contributed by atoms with Crippen molar-refractivity contribution in [2.75, 3.05) is 11.9 Å². The second kappa shape index (κ2) is 5.25. The average Bonchev–Trinajstić information content (AvgIpc) is 2.30. The summed E-state index contributed by atoms with van der Waals surface area (Å²) in [6, 6.07) is 0. The number of halogens is 4. The molecule has 5 nitrogen and oxygen atoms in total. The lowest BCUT2D eigenvalue weighted by Gasteiger charge is -2.38. The van der Waals surface area contributed by atoms with E-state index >= 15 is 0 Å². The number of hydrogen-bond acceptors (Lipinski definition) is 4. The molecule has 1 aliphatic carbocycles. The first-order valence-corrected chi connectivity index (χ1v) is 6.43. The first kappa shape index (κ1) is 15.1. The van der Waals surface area contributed by atoms with Crippen molar-refractivity contribution in [2.45, 2.75) is 37.5 Å². The van der Waals surface area contributed by atoms with Gasteiger partial charge in [-0.3, -0.25) is 4.79 Å². The number of nitrogens with zero attached hydrogens (tertiary/aromatic N) is 2. The zero-order valence-corrected chi connectivity index (χ0v) is 11.3. The van der Waals surface area contributed by atoms with E-state index in [1.807, 2.05) is 0 Å². The second-order valence-corrected chi connectivity index (χ2v) is 5.40. The standard InChI is InChI=1S/C11H14ClF3N4O/c12-8-7(17-5-10(16)2-1-3-10)4-18-19(9(8)20)6-11(13,14)15/h4,17H,1-3,5-6,16H2. The summed E-state index contributed by atoms with van der Waals surface area (Å²) in [4.78, 5) is 11.7. The molecule has 0 unspecified atom stereocenters. The molecular weight excluding hydrogens is 297 g/mol. The minimum Gasteiger partial charge on any atom is -0.381 e. The Hall–Kier alpha value is -1.28. The summed E-state index contributed by atoms with van der Waals surface area (Å²) in [5.41, 5.74) is 4.87. The van der Waals surface area contributed by atoms with E-state index in [-0.39, 0.29) is 20.9 Å². The monoisotopic (exact) mass is 310 g/mol. The van der Waals surface area contributed by atoms with E-state index in [0.29, 0.717) is 6.54 Å².